The number of amides is 1. The Hall–Kier alpha value is -3.61. The maximum Gasteiger partial charge on any atom is 0.276 e. The smallest absolute Gasteiger partial charge is 0.276 e. The van der Waals surface area contributed by atoms with Crippen LogP contribution in [-0.4, -0.2) is 22.9 Å². The number of fused-ring (bicyclic) bond motifs is 1. The Labute approximate surface area is 156 Å². The predicted molar refractivity (Wildman–Crippen MR) is 102 cm³/mol. The fourth-order valence-electron chi connectivity index (χ4n) is 2.78. The summed E-state index contributed by atoms with van der Waals surface area (Å²) in [6.45, 7) is 2.27. The zero-order chi connectivity index (χ0) is 18.6. The average molecular weight is 362 g/mol. The minimum atomic E-state index is -0.293. The van der Waals surface area contributed by atoms with E-state index in [4.69, 9.17) is 9.47 Å². The predicted octanol–water partition coefficient (Wildman–Crippen LogP) is 3.76. The highest BCUT2D eigenvalue weighted by molar-refractivity contribution is 6.03. The molecular weight excluding hydrogens is 344 g/mol. The summed E-state index contributed by atoms with van der Waals surface area (Å²) in [5.41, 5.74) is 2.90. The lowest BCUT2D eigenvalue weighted by Crippen LogP contribution is -2.15. The summed E-state index contributed by atoms with van der Waals surface area (Å²) < 4.78 is 10.6. The van der Waals surface area contributed by atoms with E-state index in [1.807, 2.05) is 49.4 Å². The lowest BCUT2D eigenvalue weighted by molar-refractivity contribution is 0.102. The summed E-state index contributed by atoms with van der Waals surface area (Å²) in [5.74, 6) is 1.63. The van der Waals surface area contributed by atoms with Gasteiger partial charge in [-0.3, -0.25) is 4.79 Å². The molecule has 0 spiro atoms. The molecular formula is C20H18N4O3. The van der Waals surface area contributed by atoms with Crippen LogP contribution in [-0.2, 0) is 6.42 Å². The van der Waals surface area contributed by atoms with Crippen LogP contribution in [0.2, 0.25) is 0 Å². The Morgan fingerprint density at radius 2 is 1.89 bits per heavy atom. The Balaban J connectivity index is 1.44. The highest BCUT2D eigenvalue weighted by Gasteiger charge is 2.14. The first-order valence-corrected chi connectivity index (χ1v) is 8.62. The van der Waals surface area contributed by atoms with Crippen molar-refractivity contribution in [2.24, 2.45) is 0 Å². The van der Waals surface area contributed by atoms with Gasteiger partial charge >= 0.3 is 0 Å². The molecule has 136 valence electrons. The van der Waals surface area contributed by atoms with E-state index in [0.29, 0.717) is 17.3 Å². The monoisotopic (exact) mass is 362 g/mol. The molecule has 3 aromatic rings. The third-order valence-electron chi connectivity index (χ3n) is 4.19. The van der Waals surface area contributed by atoms with E-state index < -0.39 is 0 Å². The molecule has 1 amide bonds. The summed E-state index contributed by atoms with van der Waals surface area (Å²) >= 11 is 0. The van der Waals surface area contributed by atoms with Gasteiger partial charge in [0.2, 0.25) is 6.79 Å². The zero-order valence-corrected chi connectivity index (χ0v) is 14.7. The maximum absolute atomic E-state index is 12.4. The van der Waals surface area contributed by atoms with Crippen LogP contribution in [0.4, 0.5) is 17.2 Å². The number of benzene rings is 2. The molecule has 2 N–H and O–H groups in total. The number of hydrogen-bond donors (Lipinski definition) is 2. The molecule has 0 radical (unpaired) electrons. The standard InChI is InChI=1S/C20H18N4O3/c1-2-13-5-3-4-6-15(13)22-20(25)16-8-10-19(24-23-16)21-14-7-9-17-18(11-14)27-12-26-17/h3-11H,2,12H2,1H3,(H,21,24)(H,22,25). The molecule has 0 fully saturated rings. The van der Waals surface area contributed by atoms with Gasteiger partial charge in [-0.15, -0.1) is 10.2 Å². The number of anilines is 3. The van der Waals surface area contributed by atoms with Gasteiger partial charge in [-0.1, -0.05) is 25.1 Å². The van der Waals surface area contributed by atoms with Crippen molar-refractivity contribution in [1.82, 2.24) is 10.2 Å². The van der Waals surface area contributed by atoms with Crippen LogP contribution in [0.25, 0.3) is 0 Å². The highest BCUT2D eigenvalue weighted by atomic mass is 16.7. The van der Waals surface area contributed by atoms with Crippen LogP contribution in [0.15, 0.2) is 54.6 Å². The van der Waals surface area contributed by atoms with Crippen LogP contribution in [0, 0.1) is 0 Å². The first kappa shape index (κ1) is 16.8. The number of carbonyl (C=O) groups excluding carboxylic acids is 1. The van der Waals surface area contributed by atoms with Gasteiger partial charge in [0.05, 0.1) is 0 Å². The Kier molecular flexibility index (Phi) is 4.57. The fraction of sp³-hybridized carbons (Fsp3) is 0.150. The number of aromatic nitrogens is 2. The Morgan fingerprint density at radius 3 is 2.70 bits per heavy atom. The van der Waals surface area contributed by atoms with Crippen LogP contribution in [0.5, 0.6) is 11.5 Å². The van der Waals surface area contributed by atoms with E-state index in [1.54, 1.807) is 12.1 Å². The van der Waals surface area contributed by atoms with Gasteiger partial charge in [0.15, 0.2) is 23.0 Å². The number of hydrogen-bond acceptors (Lipinski definition) is 6. The van der Waals surface area contributed by atoms with Gasteiger partial charge in [-0.2, -0.15) is 0 Å². The molecule has 2 heterocycles. The number of aryl methyl sites for hydroxylation is 1. The number of nitrogens with zero attached hydrogens (tertiary/aromatic N) is 2. The molecule has 1 aromatic heterocycles. The van der Waals surface area contributed by atoms with E-state index in [2.05, 4.69) is 20.8 Å². The molecule has 0 atom stereocenters. The van der Waals surface area contributed by atoms with Crippen LogP contribution in [0.1, 0.15) is 23.0 Å². The molecule has 27 heavy (non-hydrogen) atoms. The molecule has 4 rings (SSSR count). The number of rotatable bonds is 5. The maximum atomic E-state index is 12.4. The molecule has 0 aliphatic carbocycles. The second-order valence-electron chi connectivity index (χ2n) is 5.96. The van der Waals surface area contributed by atoms with E-state index in [-0.39, 0.29) is 18.4 Å². The van der Waals surface area contributed by atoms with Crippen molar-refractivity contribution in [3.8, 4) is 11.5 Å². The van der Waals surface area contributed by atoms with E-state index >= 15 is 0 Å². The molecule has 0 unspecified atom stereocenters. The van der Waals surface area contributed by atoms with Gasteiger partial charge in [0, 0.05) is 17.4 Å². The largest absolute Gasteiger partial charge is 0.454 e. The molecule has 1 aliphatic heterocycles. The third-order valence-corrected chi connectivity index (χ3v) is 4.19. The van der Waals surface area contributed by atoms with Crippen LogP contribution >= 0.6 is 0 Å². The molecule has 0 saturated heterocycles. The van der Waals surface area contributed by atoms with Gasteiger partial charge in [-0.05, 0) is 42.3 Å². The second kappa shape index (κ2) is 7.33. The first-order valence-electron chi connectivity index (χ1n) is 8.62. The SMILES string of the molecule is CCc1ccccc1NC(=O)c1ccc(Nc2ccc3c(c2)OCO3)nn1. The Bertz CT molecular complexity index is 973. The van der Waals surface area contributed by atoms with Crippen molar-refractivity contribution in [1.29, 1.82) is 0 Å². The lowest BCUT2D eigenvalue weighted by atomic mass is 10.1. The van der Waals surface area contributed by atoms with Crippen molar-refractivity contribution in [3.05, 3.63) is 65.9 Å². The van der Waals surface area contributed by atoms with Crippen molar-refractivity contribution in [3.63, 3.8) is 0 Å². The minimum absolute atomic E-state index is 0.226. The molecule has 7 heteroatoms. The topological polar surface area (TPSA) is 85.4 Å². The number of nitrogens with one attached hydrogen (secondary N) is 2. The summed E-state index contributed by atoms with van der Waals surface area (Å²) in [5, 5.41) is 14.1. The molecule has 2 aromatic carbocycles. The molecule has 0 saturated carbocycles. The number of carbonyl (C=O) groups is 1. The van der Waals surface area contributed by atoms with E-state index in [9.17, 15) is 4.79 Å². The fourth-order valence-corrected chi connectivity index (χ4v) is 2.78. The van der Waals surface area contributed by atoms with Gasteiger partial charge in [-0.25, -0.2) is 0 Å². The first-order chi connectivity index (χ1) is 13.2. The summed E-state index contributed by atoms with van der Waals surface area (Å²) in [4.78, 5) is 12.4. The molecule has 1 aliphatic rings. The third kappa shape index (κ3) is 3.67. The normalized spacial score (nSPS) is 11.9. The number of ether oxygens (including phenoxy) is 2. The van der Waals surface area contributed by atoms with E-state index in [0.717, 1.165) is 23.4 Å². The summed E-state index contributed by atoms with van der Waals surface area (Å²) in [7, 11) is 0. The summed E-state index contributed by atoms with van der Waals surface area (Å²) in [6, 6.07) is 16.5. The summed E-state index contributed by atoms with van der Waals surface area (Å²) in [6.07, 6.45) is 0.834. The van der Waals surface area contributed by atoms with E-state index in [1.165, 1.54) is 0 Å². The highest BCUT2D eigenvalue weighted by Crippen LogP contribution is 2.34. The average Bonchev–Trinajstić information content (AvgIpc) is 3.17. The number of para-hydroxylation sites is 1. The van der Waals surface area contributed by atoms with Crippen LogP contribution in [0.3, 0.4) is 0 Å². The van der Waals surface area contributed by atoms with Crippen molar-refractivity contribution < 1.29 is 14.3 Å². The molecule has 7 nitrogen and oxygen atoms in total. The zero-order valence-electron chi connectivity index (χ0n) is 14.7. The van der Waals surface area contributed by atoms with Crippen molar-refractivity contribution >= 4 is 23.1 Å². The second-order valence-corrected chi connectivity index (χ2v) is 5.96. The lowest BCUT2D eigenvalue weighted by Gasteiger charge is -2.09. The Morgan fingerprint density at radius 1 is 1.04 bits per heavy atom. The van der Waals surface area contributed by atoms with Gasteiger partial charge in [0.1, 0.15) is 0 Å². The minimum Gasteiger partial charge on any atom is -0.454 e. The van der Waals surface area contributed by atoms with Crippen molar-refractivity contribution in [2.45, 2.75) is 13.3 Å². The van der Waals surface area contributed by atoms with Crippen molar-refractivity contribution in [2.75, 3.05) is 17.4 Å². The van der Waals surface area contributed by atoms with Crippen LogP contribution < -0.4 is 20.1 Å². The quantitative estimate of drug-likeness (QED) is 0.719. The van der Waals surface area contributed by atoms with Gasteiger partial charge < -0.3 is 20.1 Å². The molecule has 0 bridgehead atoms. The van der Waals surface area contributed by atoms with Gasteiger partial charge in [0.25, 0.3) is 5.91 Å².